The first-order chi connectivity index (χ1) is 14.8. The van der Waals surface area contributed by atoms with Crippen molar-refractivity contribution < 1.29 is 14.7 Å². The van der Waals surface area contributed by atoms with Crippen LogP contribution in [-0.4, -0.2) is 60.6 Å². The van der Waals surface area contributed by atoms with E-state index in [9.17, 15) is 14.7 Å². The Bertz CT molecular complexity index is 1110. The Morgan fingerprint density at radius 3 is 2.48 bits per heavy atom. The Morgan fingerprint density at radius 2 is 1.84 bits per heavy atom. The Labute approximate surface area is 182 Å². The van der Waals surface area contributed by atoms with Gasteiger partial charge in [-0.25, -0.2) is 9.78 Å². The van der Waals surface area contributed by atoms with Crippen LogP contribution in [0, 0.1) is 6.92 Å². The number of benzene rings is 2. The van der Waals surface area contributed by atoms with Crippen LogP contribution in [0.4, 0.5) is 11.5 Å². The van der Waals surface area contributed by atoms with Crippen LogP contribution in [0.5, 0.6) is 0 Å². The van der Waals surface area contributed by atoms with E-state index < -0.39 is 5.97 Å². The van der Waals surface area contributed by atoms with Gasteiger partial charge in [0.05, 0.1) is 11.1 Å². The third-order valence-electron chi connectivity index (χ3n) is 5.09. The summed E-state index contributed by atoms with van der Waals surface area (Å²) in [6, 6.07) is 14.1. The van der Waals surface area contributed by atoms with E-state index in [0.717, 1.165) is 25.2 Å². The number of carboxylic acid groups (broad SMARTS) is 1. The average Bonchev–Trinajstić information content (AvgIpc) is 2.73. The number of rotatable bonds is 8. The highest BCUT2D eigenvalue weighted by Gasteiger charge is 2.16. The summed E-state index contributed by atoms with van der Waals surface area (Å²) in [5.74, 6) is -0.643. The van der Waals surface area contributed by atoms with Gasteiger partial charge in [-0.2, -0.15) is 0 Å². The summed E-state index contributed by atoms with van der Waals surface area (Å²) in [7, 11) is 3.99. The number of aromatic carboxylic acids is 1. The summed E-state index contributed by atoms with van der Waals surface area (Å²) in [5, 5.41) is 13.2. The first kappa shape index (κ1) is 22.2. The first-order valence-corrected chi connectivity index (χ1v) is 10.2. The van der Waals surface area contributed by atoms with Gasteiger partial charge in [0.25, 0.3) is 5.91 Å². The van der Waals surface area contributed by atoms with Gasteiger partial charge < -0.3 is 20.2 Å². The number of nitrogens with one attached hydrogen (secondary N) is 1. The summed E-state index contributed by atoms with van der Waals surface area (Å²) in [5.41, 5.74) is 2.80. The second-order valence-corrected chi connectivity index (χ2v) is 7.77. The Kier molecular flexibility index (Phi) is 6.87. The third kappa shape index (κ3) is 5.38. The van der Waals surface area contributed by atoms with E-state index in [1.165, 1.54) is 0 Å². The Balaban J connectivity index is 1.95. The number of pyridine rings is 1. The average molecular weight is 421 g/mol. The Morgan fingerprint density at radius 1 is 1.06 bits per heavy atom. The van der Waals surface area contributed by atoms with E-state index >= 15 is 0 Å². The van der Waals surface area contributed by atoms with Gasteiger partial charge >= 0.3 is 5.97 Å². The van der Waals surface area contributed by atoms with Gasteiger partial charge in [0.1, 0.15) is 5.82 Å². The molecular formula is C24H28N4O3. The lowest BCUT2D eigenvalue weighted by molar-refractivity contribution is 0.0698. The number of aromatic nitrogens is 1. The molecule has 0 aliphatic rings. The number of carbonyl (C=O) groups is 2. The number of carboxylic acids is 1. The number of nitrogens with zero attached hydrogens (tertiary/aromatic N) is 3. The predicted octanol–water partition coefficient (Wildman–Crippen LogP) is 3.88. The summed E-state index contributed by atoms with van der Waals surface area (Å²) in [6.07, 6.45) is 0. The molecule has 31 heavy (non-hydrogen) atoms. The molecule has 7 heteroatoms. The molecule has 0 saturated heterocycles. The zero-order valence-corrected chi connectivity index (χ0v) is 18.3. The van der Waals surface area contributed by atoms with Crippen LogP contribution in [-0.2, 0) is 0 Å². The third-order valence-corrected chi connectivity index (χ3v) is 5.09. The quantitative estimate of drug-likeness (QED) is 0.575. The molecule has 0 bridgehead atoms. The van der Waals surface area contributed by atoms with Crippen LogP contribution < -0.4 is 10.2 Å². The maximum Gasteiger partial charge on any atom is 0.336 e. The molecule has 0 atom stereocenters. The fraction of sp³-hybridized carbons (Fsp3) is 0.292. The lowest BCUT2D eigenvalue weighted by Crippen LogP contribution is -2.32. The molecule has 1 amide bonds. The highest BCUT2D eigenvalue weighted by atomic mass is 16.4. The molecule has 1 aromatic heterocycles. The number of anilines is 2. The minimum Gasteiger partial charge on any atom is -0.478 e. The zero-order chi connectivity index (χ0) is 22.5. The highest BCUT2D eigenvalue weighted by Crippen LogP contribution is 2.26. The van der Waals surface area contributed by atoms with Gasteiger partial charge in [0.15, 0.2) is 0 Å². The monoisotopic (exact) mass is 420 g/mol. The fourth-order valence-electron chi connectivity index (χ4n) is 3.37. The zero-order valence-electron chi connectivity index (χ0n) is 18.3. The summed E-state index contributed by atoms with van der Waals surface area (Å²) in [4.78, 5) is 33.4. The van der Waals surface area contributed by atoms with Crippen LogP contribution >= 0.6 is 0 Å². The predicted molar refractivity (Wildman–Crippen MR) is 124 cm³/mol. The van der Waals surface area contributed by atoms with E-state index in [-0.39, 0.29) is 11.5 Å². The highest BCUT2D eigenvalue weighted by molar-refractivity contribution is 6.08. The standard InChI is InChI=1S/C24H28N4O3/c1-5-28(12-11-27(3)4)22-15-20(24(30)31)19-14-18(9-10-21(19)26-22)25-23(29)17-8-6-7-16(2)13-17/h6-10,13-15H,5,11-12H2,1-4H3,(H,25,29)(H,30,31). The lowest BCUT2D eigenvalue weighted by Gasteiger charge is -2.24. The van der Waals surface area contributed by atoms with Crippen LogP contribution in [0.2, 0.25) is 0 Å². The molecule has 162 valence electrons. The molecule has 2 N–H and O–H groups in total. The number of aryl methyl sites for hydroxylation is 1. The maximum atomic E-state index is 12.6. The van der Waals surface area contributed by atoms with Crippen molar-refractivity contribution in [2.45, 2.75) is 13.8 Å². The first-order valence-electron chi connectivity index (χ1n) is 10.2. The van der Waals surface area contributed by atoms with Crippen molar-refractivity contribution in [2.75, 3.05) is 43.9 Å². The topological polar surface area (TPSA) is 85.8 Å². The van der Waals surface area contributed by atoms with Gasteiger partial charge in [-0.05, 0) is 64.3 Å². The molecule has 7 nitrogen and oxygen atoms in total. The minimum atomic E-state index is -1.03. The molecule has 0 radical (unpaired) electrons. The van der Waals surface area contributed by atoms with E-state index in [1.54, 1.807) is 36.4 Å². The van der Waals surface area contributed by atoms with Gasteiger partial charge in [-0.3, -0.25) is 4.79 Å². The van der Waals surface area contributed by atoms with Gasteiger partial charge in [0, 0.05) is 36.3 Å². The largest absolute Gasteiger partial charge is 0.478 e. The molecule has 2 aromatic carbocycles. The van der Waals surface area contributed by atoms with Crippen LogP contribution in [0.3, 0.4) is 0 Å². The molecule has 1 heterocycles. The molecular weight excluding hydrogens is 392 g/mol. The van der Waals surface area contributed by atoms with Crippen molar-refractivity contribution in [3.8, 4) is 0 Å². The number of hydrogen-bond acceptors (Lipinski definition) is 5. The fourth-order valence-corrected chi connectivity index (χ4v) is 3.37. The van der Waals surface area contributed by atoms with Crippen molar-refractivity contribution >= 4 is 34.3 Å². The number of amides is 1. The van der Waals surface area contributed by atoms with Crippen LogP contribution in [0.25, 0.3) is 10.9 Å². The second kappa shape index (κ2) is 9.57. The van der Waals surface area contributed by atoms with Gasteiger partial charge in [-0.1, -0.05) is 17.7 Å². The van der Waals surface area contributed by atoms with Crippen LogP contribution in [0.1, 0.15) is 33.2 Å². The molecule has 3 aromatic rings. The van der Waals surface area contributed by atoms with E-state index in [1.807, 2.05) is 40.1 Å². The van der Waals surface area contributed by atoms with Crippen molar-refractivity contribution in [3.63, 3.8) is 0 Å². The number of likely N-dealkylation sites (N-methyl/N-ethyl adjacent to an activating group) is 2. The van der Waals surface area contributed by atoms with Crippen molar-refractivity contribution in [1.82, 2.24) is 9.88 Å². The second-order valence-electron chi connectivity index (χ2n) is 7.77. The van der Waals surface area contributed by atoms with Crippen molar-refractivity contribution in [2.24, 2.45) is 0 Å². The van der Waals surface area contributed by atoms with E-state index in [4.69, 9.17) is 0 Å². The molecule has 0 aliphatic heterocycles. The SMILES string of the molecule is CCN(CCN(C)C)c1cc(C(=O)O)c2cc(NC(=O)c3cccc(C)c3)ccc2n1. The van der Waals surface area contributed by atoms with Crippen LogP contribution in [0.15, 0.2) is 48.5 Å². The van der Waals surface area contributed by atoms with Crippen molar-refractivity contribution in [3.05, 3.63) is 65.2 Å². The maximum absolute atomic E-state index is 12.6. The van der Waals surface area contributed by atoms with Gasteiger partial charge in [0.2, 0.25) is 0 Å². The molecule has 0 fully saturated rings. The van der Waals surface area contributed by atoms with Crippen molar-refractivity contribution in [1.29, 1.82) is 0 Å². The normalized spacial score (nSPS) is 11.0. The van der Waals surface area contributed by atoms with E-state index in [2.05, 4.69) is 20.1 Å². The molecule has 0 unspecified atom stereocenters. The number of carbonyl (C=O) groups excluding carboxylic acids is 1. The number of hydrogen-bond donors (Lipinski definition) is 2. The Hall–Kier alpha value is -3.45. The minimum absolute atomic E-state index is 0.162. The number of fused-ring (bicyclic) bond motifs is 1. The summed E-state index contributed by atoms with van der Waals surface area (Å²) >= 11 is 0. The molecule has 0 aliphatic carbocycles. The summed E-state index contributed by atoms with van der Waals surface area (Å²) < 4.78 is 0. The summed E-state index contributed by atoms with van der Waals surface area (Å²) in [6.45, 7) is 6.24. The smallest absolute Gasteiger partial charge is 0.336 e. The van der Waals surface area contributed by atoms with E-state index in [0.29, 0.717) is 28.0 Å². The van der Waals surface area contributed by atoms with Gasteiger partial charge in [-0.15, -0.1) is 0 Å². The molecule has 0 spiro atoms. The molecule has 0 saturated carbocycles. The lowest BCUT2D eigenvalue weighted by atomic mass is 10.1. The molecule has 3 rings (SSSR count).